The Morgan fingerprint density at radius 2 is 1.66 bits per heavy atom. The number of benzene rings is 1. The fourth-order valence-electron chi connectivity index (χ4n) is 5.26. The van der Waals surface area contributed by atoms with Crippen molar-refractivity contribution < 1.29 is 14.3 Å². The minimum absolute atomic E-state index is 0.148. The molecule has 4 rings (SSSR count). The molecule has 1 aromatic carbocycles. The summed E-state index contributed by atoms with van der Waals surface area (Å²) in [6, 6.07) is 7.46. The highest BCUT2D eigenvalue weighted by molar-refractivity contribution is 5.79. The Morgan fingerprint density at radius 1 is 1.00 bits per heavy atom. The third-order valence-electron chi connectivity index (χ3n) is 7.15. The standard InChI is InChI=1S/C24H36N2O3/c1-17-6-9-19(10-7-17)26(20-11-12-20)16-24(27)25-14-4-5-21(25)18-8-13-22(28-2)23(15-18)29-3/h8,13,15,17,19-21H,4-7,9-12,14,16H2,1-3H3. The number of methoxy groups -OCH3 is 2. The number of rotatable bonds is 7. The summed E-state index contributed by atoms with van der Waals surface area (Å²) in [7, 11) is 3.32. The Morgan fingerprint density at radius 3 is 2.28 bits per heavy atom. The van der Waals surface area contributed by atoms with Crippen LogP contribution in [0.4, 0.5) is 0 Å². The van der Waals surface area contributed by atoms with Gasteiger partial charge in [-0.2, -0.15) is 0 Å². The smallest absolute Gasteiger partial charge is 0.237 e. The molecule has 5 nitrogen and oxygen atoms in total. The van der Waals surface area contributed by atoms with Crippen LogP contribution in [0.5, 0.6) is 11.5 Å². The zero-order chi connectivity index (χ0) is 20.4. The first-order valence-electron chi connectivity index (χ1n) is 11.4. The topological polar surface area (TPSA) is 42.0 Å². The van der Waals surface area contributed by atoms with Gasteiger partial charge in [0, 0.05) is 18.6 Å². The van der Waals surface area contributed by atoms with Crippen LogP contribution in [0.3, 0.4) is 0 Å². The fraction of sp³-hybridized carbons (Fsp3) is 0.708. The molecule has 5 heteroatoms. The molecule has 1 aliphatic heterocycles. The molecule has 1 amide bonds. The van der Waals surface area contributed by atoms with E-state index in [-0.39, 0.29) is 6.04 Å². The van der Waals surface area contributed by atoms with Crippen molar-refractivity contribution in [3.8, 4) is 11.5 Å². The number of likely N-dealkylation sites (tertiary alicyclic amines) is 1. The van der Waals surface area contributed by atoms with Gasteiger partial charge in [0.25, 0.3) is 0 Å². The molecule has 1 aromatic rings. The SMILES string of the molecule is COc1ccc(C2CCCN2C(=O)CN(C2CCC(C)CC2)C2CC2)cc1OC. The highest BCUT2D eigenvalue weighted by atomic mass is 16.5. The molecule has 3 fully saturated rings. The lowest BCUT2D eigenvalue weighted by atomic mass is 9.86. The molecule has 3 aliphatic rings. The van der Waals surface area contributed by atoms with E-state index in [1.807, 2.05) is 12.1 Å². The maximum atomic E-state index is 13.4. The van der Waals surface area contributed by atoms with Gasteiger partial charge in [-0.15, -0.1) is 0 Å². The van der Waals surface area contributed by atoms with E-state index in [1.165, 1.54) is 38.5 Å². The van der Waals surface area contributed by atoms with Gasteiger partial charge < -0.3 is 14.4 Å². The maximum absolute atomic E-state index is 13.4. The van der Waals surface area contributed by atoms with Gasteiger partial charge in [0.05, 0.1) is 26.8 Å². The number of hydrogen-bond donors (Lipinski definition) is 0. The Labute approximate surface area is 175 Å². The van der Waals surface area contributed by atoms with Gasteiger partial charge in [0.2, 0.25) is 5.91 Å². The summed E-state index contributed by atoms with van der Waals surface area (Å²) in [5, 5.41) is 0. The van der Waals surface area contributed by atoms with Crippen LogP contribution in [-0.2, 0) is 4.79 Å². The summed E-state index contributed by atoms with van der Waals surface area (Å²) in [6.07, 6.45) is 9.73. The lowest BCUT2D eigenvalue weighted by molar-refractivity contribution is -0.134. The lowest BCUT2D eigenvalue weighted by Gasteiger charge is -2.37. The number of ether oxygens (including phenoxy) is 2. The van der Waals surface area contributed by atoms with E-state index in [9.17, 15) is 4.79 Å². The largest absolute Gasteiger partial charge is 0.493 e. The first-order chi connectivity index (χ1) is 14.1. The van der Waals surface area contributed by atoms with Gasteiger partial charge in [0.1, 0.15) is 0 Å². The number of amides is 1. The normalized spacial score (nSPS) is 27.3. The van der Waals surface area contributed by atoms with Crippen molar-refractivity contribution >= 4 is 5.91 Å². The van der Waals surface area contributed by atoms with Crippen molar-refractivity contribution in [1.29, 1.82) is 0 Å². The van der Waals surface area contributed by atoms with Crippen LogP contribution in [0.1, 0.15) is 69.9 Å². The van der Waals surface area contributed by atoms with Crippen LogP contribution in [0, 0.1) is 5.92 Å². The van der Waals surface area contributed by atoms with E-state index >= 15 is 0 Å². The number of carbonyl (C=O) groups is 1. The second-order valence-electron chi connectivity index (χ2n) is 9.18. The first-order valence-corrected chi connectivity index (χ1v) is 11.4. The minimum atomic E-state index is 0.148. The molecule has 1 saturated heterocycles. The summed E-state index contributed by atoms with van der Waals surface area (Å²) in [6.45, 7) is 3.81. The fourth-order valence-corrected chi connectivity index (χ4v) is 5.26. The molecule has 0 bridgehead atoms. The molecule has 1 unspecified atom stereocenters. The molecule has 1 heterocycles. The average Bonchev–Trinajstić information content (AvgIpc) is 3.47. The Balaban J connectivity index is 1.46. The van der Waals surface area contributed by atoms with Gasteiger partial charge in [-0.25, -0.2) is 0 Å². The van der Waals surface area contributed by atoms with Crippen molar-refractivity contribution in [2.45, 2.75) is 76.4 Å². The maximum Gasteiger partial charge on any atom is 0.237 e. The third-order valence-corrected chi connectivity index (χ3v) is 7.15. The quantitative estimate of drug-likeness (QED) is 0.680. The molecule has 1 atom stereocenters. The van der Waals surface area contributed by atoms with Crippen molar-refractivity contribution in [3.05, 3.63) is 23.8 Å². The van der Waals surface area contributed by atoms with Crippen molar-refractivity contribution in [2.75, 3.05) is 27.3 Å². The molecule has 2 aliphatic carbocycles. The molecule has 0 aromatic heterocycles. The molecule has 0 N–H and O–H groups in total. The van der Waals surface area contributed by atoms with Crippen LogP contribution >= 0.6 is 0 Å². The minimum Gasteiger partial charge on any atom is -0.493 e. The van der Waals surface area contributed by atoms with E-state index < -0.39 is 0 Å². The molecule has 0 radical (unpaired) electrons. The van der Waals surface area contributed by atoms with Gasteiger partial charge in [-0.05, 0) is 75.0 Å². The second kappa shape index (κ2) is 8.95. The molecule has 0 spiro atoms. The van der Waals surface area contributed by atoms with Gasteiger partial charge >= 0.3 is 0 Å². The van der Waals surface area contributed by atoms with Crippen LogP contribution in [0.25, 0.3) is 0 Å². The summed E-state index contributed by atoms with van der Waals surface area (Å²) >= 11 is 0. The van der Waals surface area contributed by atoms with Gasteiger partial charge in [-0.1, -0.05) is 13.0 Å². The highest BCUT2D eigenvalue weighted by Crippen LogP contribution is 2.38. The van der Waals surface area contributed by atoms with Crippen LogP contribution in [-0.4, -0.2) is 55.1 Å². The summed E-state index contributed by atoms with van der Waals surface area (Å²) < 4.78 is 10.9. The highest BCUT2D eigenvalue weighted by Gasteiger charge is 2.39. The summed E-state index contributed by atoms with van der Waals surface area (Å²) in [5.74, 6) is 2.61. The Kier molecular flexibility index (Phi) is 6.33. The van der Waals surface area contributed by atoms with E-state index in [2.05, 4.69) is 22.8 Å². The monoisotopic (exact) mass is 400 g/mol. The van der Waals surface area contributed by atoms with E-state index in [4.69, 9.17) is 9.47 Å². The van der Waals surface area contributed by atoms with Crippen LogP contribution in [0.15, 0.2) is 18.2 Å². The number of hydrogen-bond acceptors (Lipinski definition) is 4. The lowest BCUT2D eigenvalue weighted by Crippen LogP contribution is -2.46. The molecule has 160 valence electrons. The second-order valence-corrected chi connectivity index (χ2v) is 9.18. The van der Waals surface area contributed by atoms with Crippen molar-refractivity contribution in [1.82, 2.24) is 9.80 Å². The molecule has 29 heavy (non-hydrogen) atoms. The van der Waals surface area contributed by atoms with E-state index in [1.54, 1.807) is 14.2 Å². The van der Waals surface area contributed by atoms with Crippen LogP contribution in [0.2, 0.25) is 0 Å². The molecular formula is C24H36N2O3. The summed E-state index contributed by atoms with van der Waals surface area (Å²) in [5.41, 5.74) is 1.15. The van der Waals surface area contributed by atoms with Gasteiger partial charge in [0.15, 0.2) is 11.5 Å². The van der Waals surface area contributed by atoms with Gasteiger partial charge in [-0.3, -0.25) is 9.69 Å². The predicted molar refractivity (Wildman–Crippen MR) is 114 cm³/mol. The predicted octanol–water partition coefficient (Wildman–Crippen LogP) is 4.41. The molecule has 2 saturated carbocycles. The number of nitrogens with zero attached hydrogens (tertiary/aromatic N) is 2. The third kappa shape index (κ3) is 4.55. The van der Waals surface area contributed by atoms with Crippen molar-refractivity contribution in [3.63, 3.8) is 0 Å². The first kappa shape index (κ1) is 20.5. The summed E-state index contributed by atoms with van der Waals surface area (Å²) in [4.78, 5) is 18.1. The van der Waals surface area contributed by atoms with E-state index in [0.717, 1.165) is 42.4 Å². The zero-order valence-electron chi connectivity index (χ0n) is 18.2. The van der Waals surface area contributed by atoms with E-state index in [0.29, 0.717) is 24.5 Å². The Hall–Kier alpha value is -1.75. The average molecular weight is 401 g/mol. The Bertz CT molecular complexity index is 710. The zero-order valence-corrected chi connectivity index (χ0v) is 18.2. The molecular weight excluding hydrogens is 364 g/mol. The van der Waals surface area contributed by atoms with Crippen molar-refractivity contribution in [2.24, 2.45) is 5.92 Å². The number of carbonyl (C=O) groups excluding carboxylic acids is 1. The van der Waals surface area contributed by atoms with Crippen LogP contribution < -0.4 is 9.47 Å².